The predicted octanol–water partition coefficient (Wildman–Crippen LogP) is 1.98. The summed E-state index contributed by atoms with van der Waals surface area (Å²) in [6, 6.07) is 7.12. The van der Waals surface area contributed by atoms with Crippen molar-refractivity contribution in [2.24, 2.45) is 4.99 Å². The van der Waals surface area contributed by atoms with E-state index in [2.05, 4.69) is 26.2 Å². The Labute approximate surface area is 114 Å². The average Bonchev–Trinajstić information content (AvgIpc) is 2.33. The summed E-state index contributed by atoms with van der Waals surface area (Å²) < 4.78 is 0.917. The Morgan fingerprint density at radius 3 is 2.72 bits per heavy atom. The van der Waals surface area contributed by atoms with Crippen molar-refractivity contribution < 1.29 is 9.59 Å². The average molecular weight is 309 g/mol. The van der Waals surface area contributed by atoms with E-state index in [1.807, 2.05) is 6.92 Å². The first-order valence-electron chi connectivity index (χ1n) is 5.69. The van der Waals surface area contributed by atoms with Crippen LogP contribution in [0.4, 0.5) is 0 Å². The Balaban J connectivity index is 2.08. The third-order valence-electron chi connectivity index (χ3n) is 2.69. The molecular formula is C13H13BrN2O2. The third-order valence-corrected chi connectivity index (χ3v) is 3.22. The van der Waals surface area contributed by atoms with E-state index in [4.69, 9.17) is 0 Å². The van der Waals surface area contributed by atoms with Crippen LogP contribution in [0.15, 0.2) is 33.7 Å². The van der Waals surface area contributed by atoms with Crippen molar-refractivity contribution in [3.8, 4) is 0 Å². The number of hydrogen-bond acceptors (Lipinski definition) is 3. The van der Waals surface area contributed by atoms with Crippen molar-refractivity contribution in [2.75, 3.05) is 6.54 Å². The van der Waals surface area contributed by atoms with E-state index in [1.165, 1.54) is 0 Å². The second-order valence-electron chi connectivity index (χ2n) is 4.27. The van der Waals surface area contributed by atoms with Gasteiger partial charge in [-0.05, 0) is 19.1 Å². The van der Waals surface area contributed by atoms with E-state index in [-0.39, 0.29) is 24.2 Å². The number of nitrogens with zero attached hydrogens (tertiary/aromatic N) is 1. The molecule has 0 saturated heterocycles. The number of rotatable bonds is 3. The van der Waals surface area contributed by atoms with Crippen molar-refractivity contribution >= 4 is 33.3 Å². The van der Waals surface area contributed by atoms with Crippen LogP contribution in [0, 0.1) is 0 Å². The Kier molecular flexibility index (Phi) is 3.91. The van der Waals surface area contributed by atoms with Gasteiger partial charge in [-0.2, -0.15) is 0 Å². The summed E-state index contributed by atoms with van der Waals surface area (Å²) in [4.78, 5) is 27.7. The number of nitrogens with one attached hydrogen (secondary N) is 1. The first-order chi connectivity index (χ1) is 8.56. The summed E-state index contributed by atoms with van der Waals surface area (Å²) >= 11 is 3.31. The molecule has 1 atom stereocenters. The quantitative estimate of drug-likeness (QED) is 0.868. The highest BCUT2D eigenvalue weighted by Gasteiger charge is 2.21. The SMILES string of the molecule is CC1CN=C(CC(=O)c2ccc(Br)cc2)C(=O)N1. The number of halogens is 1. The molecule has 4 nitrogen and oxygen atoms in total. The minimum atomic E-state index is -0.237. The molecule has 1 heterocycles. The Hall–Kier alpha value is -1.49. The van der Waals surface area contributed by atoms with E-state index in [9.17, 15) is 9.59 Å². The predicted molar refractivity (Wildman–Crippen MR) is 73.0 cm³/mol. The van der Waals surface area contributed by atoms with Crippen molar-refractivity contribution in [3.63, 3.8) is 0 Å². The van der Waals surface area contributed by atoms with Crippen LogP contribution in [0.5, 0.6) is 0 Å². The van der Waals surface area contributed by atoms with Crippen LogP contribution in [-0.4, -0.2) is 30.0 Å². The monoisotopic (exact) mass is 308 g/mol. The van der Waals surface area contributed by atoms with Gasteiger partial charge < -0.3 is 5.32 Å². The standard InChI is InChI=1S/C13H13BrN2O2/c1-8-7-15-11(13(18)16-8)6-12(17)9-2-4-10(14)5-3-9/h2-5,8H,6-7H2,1H3,(H,16,18). The molecule has 1 aromatic carbocycles. The van der Waals surface area contributed by atoms with Crippen molar-refractivity contribution in [2.45, 2.75) is 19.4 Å². The number of Topliss-reactive ketones (excluding diaryl/α,β-unsaturated/α-hetero) is 1. The molecule has 1 aromatic rings. The van der Waals surface area contributed by atoms with Gasteiger partial charge in [0.15, 0.2) is 5.78 Å². The lowest BCUT2D eigenvalue weighted by Crippen LogP contribution is -2.44. The van der Waals surface area contributed by atoms with E-state index < -0.39 is 0 Å². The number of ketones is 1. The molecule has 1 unspecified atom stereocenters. The van der Waals surface area contributed by atoms with Crippen LogP contribution in [0.1, 0.15) is 23.7 Å². The smallest absolute Gasteiger partial charge is 0.265 e. The Bertz CT molecular complexity index is 508. The van der Waals surface area contributed by atoms with Gasteiger partial charge in [0.25, 0.3) is 5.91 Å². The van der Waals surface area contributed by atoms with Crippen LogP contribution in [0.3, 0.4) is 0 Å². The highest BCUT2D eigenvalue weighted by molar-refractivity contribution is 9.10. The number of carbonyl (C=O) groups is 2. The number of carbonyl (C=O) groups excluding carboxylic acids is 2. The third kappa shape index (κ3) is 3.04. The normalized spacial score (nSPS) is 19.1. The largest absolute Gasteiger partial charge is 0.347 e. The molecule has 1 aliphatic rings. The molecule has 0 aliphatic carbocycles. The molecule has 5 heteroatoms. The minimum absolute atomic E-state index is 0.0454. The maximum absolute atomic E-state index is 12.0. The fourth-order valence-electron chi connectivity index (χ4n) is 1.70. The second-order valence-corrected chi connectivity index (χ2v) is 5.18. The van der Waals surface area contributed by atoms with Crippen LogP contribution in [-0.2, 0) is 4.79 Å². The topological polar surface area (TPSA) is 58.5 Å². The molecule has 0 bridgehead atoms. The van der Waals surface area contributed by atoms with Crippen LogP contribution in [0.25, 0.3) is 0 Å². The molecule has 1 aliphatic heterocycles. The molecule has 0 aromatic heterocycles. The highest BCUT2D eigenvalue weighted by Crippen LogP contribution is 2.12. The summed E-state index contributed by atoms with van der Waals surface area (Å²) in [6.07, 6.45) is 0.0557. The van der Waals surface area contributed by atoms with Crippen LogP contribution < -0.4 is 5.32 Å². The first kappa shape index (κ1) is 13.0. The van der Waals surface area contributed by atoms with Gasteiger partial charge in [-0.15, -0.1) is 0 Å². The molecule has 18 heavy (non-hydrogen) atoms. The summed E-state index contributed by atoms with van der Waals surface area (Å²) in [5, 5.41) is 2.77. The lowest BCUT2D eigenvalue weighted by atomic mass is 10.0. The number of benzene rings is 1. The van der Waals surface area contributed by atoms with Gasteiger partial charge in [0.2, 0.25) is 0 Å². The lowest BCUT2D eigenvalue weighted by molar-refractivity contribution is -0.115. The van der Waals surface area contributed by atoms with E-state index in [0.717, 1.165) is 4.47 Å². The van der Waals surface area contributed by atoms with E-state index in [1.54, 1.807) is 24.3 Å². The summed E-state index contributed by atoms with van der Waals surface area (Å²) in [5.74, 6) is -0.329. The molecule has 2 rings (SSSR count). The fourth-order valence-corrected chi connectivity index (χ4v) is 1.96. The van der Waals surface area contributed by atoms with Crippen molar-refractivity contribution in [3.05, 3.63) is 34.3 Å². The minimum Gasteiger partial charge on any atom is -0.347 e. The van der Waals surface area contributed by atoms with Gasteiger partial charge in [0.1, 0.15) is 5.71 Å². The van der Waals surface area contributed by atoms with E-state index >= 15 is 0 Å². The molecular weight excluding hydrogens is 296 g/mol. The van der Waals surface area contributed by atoms with Gasteiger partial charge in [0, 0.05) is 16.1 Å². The molecule has 0 spiro atoms. The fraction of sp³-hybridized carbons (Fsp3) is 0.308. The molecule has 0 fully saturated rings. The van der Waals surface area contributed by atoms with Gasteiger partial charge in [-0.1, -0.05) is 28.1 Å². The maximum Gasteiger partial charge on any atom is 0.265 e. The second kappa shape index (κ2) is 5.44. The Morgan fingerprint density at radius 1 is 1.44 bits per heavy atom. The first-order valence-corrected chi connectivity index (χ1v) is 6.48. The zero-order valence-electron chi connectivity index (χ0n) is 9.94. The molecule has 0 radical (unpaired) electrons. The van der Waals surface area contributed by atoms with Gasteiger partial charge in [0.05, 0.1) is 13.0 Å². The molecule has 0 saturated carbocycles. The lowest BCUT2D eigenvalue weighted by Gasteiger charge is -2.18. The molecule has 94 valence electrons. The summed E-state index contributed by atoms with van der Waals surface area (Å²) in [5.41, 5.74) is 0.911. The van der Waals surface area contributed by atoms with Crippen LogP contribution >= 0.6 is 15.9 Å². The Morgan fingerprint density at radius 2 is 2.11 bits per heavy atom. The zero-order chi connectivity index (χ0) is 13.1. The van der Waals surface area contributed by atoms with Crippen molar-refractivity contribution in [1.29, 1.82) is 0 Å². The van der Waals surface area contributed by atoms with E-state index in [0.29, 0.717) is 17.8 Å². The summed E-state index contributed by atoms with van der Waals surface area (Å²) in [6.45, 7) is 2.42. The number of amides is 1. The number of aliphatic imine (C=N–C) groups is 1. The maximum atomic E-state index is 12.0. The highest BCUT2D eigenvalue weighted by atomic mass is 79.9. The summed E-state index contributed by atoms with van der Waals surface area (Å²) in [7, 11) is 0. The van der Waals surface area contributed by atoms with Gasteiger partial charge in [-0.25, -0.2) is 0 Å². The molecule has 1 amide bonds. The van der Waals surface area contributed by atoms with Gasteiger partial charge >= 0.3 is 0 Å². The number of hydrogen-bond donors (Lipinski definition) is 1. The van der Waals surface area contributed by atoms with Crippen LogP contribution in [0.2, 0.25) is 0 Å². The van der Waals surface area contributed by atoms with Crippen molar-refractivity contribution in [1.82, 2.24) is 5.32 Å². The van der Waals surface area contributed by atoms with Gasteiger partial charge in [-0.3, -0.25) is 14.6 Å². The molecule has 1 N–H and O–H groups in total. The zero-order valence-corrected chi connectivity index (χ0v) is 11.5.